The van der Waals surface area contributed by atoms with Crippen LogP contribution in [0.5, 0.6) is 5.75 Å². The molecule has 0 aliphatic carbocycles. The Kier molecular flexibility index (Phi) is 9.76. The van der Waals surface area contributed by atoms with Crippen LogP contribution in [0.1, 0.15) is 36.8 Å². The summed E-state index contributed by atoms with van der Waals surface area (Å²) in [6.45, 7) is 4.80. The van der Waals surface area contributed by atoms with E-state index in [1.165, 1.54) is 0 Å². The third-order valence-corrected chi connectivity index (χ3v) is 3.98. The lowest BCUT2D eigenvalue weighted by Crippen LogP contribution is -2.24. The molecule has 0 saturated carbocycles. The summed E-state index contributed by atoms with van der Waals surface area (Å²) >= 11 is 0. The van der Waals surface area contributed by atoms with Gasteiger partial charge < -0.3 is 20.1 Å². The summed E-state index contributed by atoms with van der Waals surface area (Å²) in [6, 6.07) is 6.09. The van der Waals surface area contributed by atoms with Crippen molar-refractivity contribution >= 4 is 18.3 Å². The molecule has 136 valence electrons. The van der Waals surface area contributed by atoms with Crippen LogP contribution in [-0.4, -0.2) is 38.8 Å². The van der Waals surface area contributed by atoms with Crippen LogP contribution in [-0.2, 0) is 16.1 Å². The molecule has 2 rings (SSSR count). The molecule has 0 radical (unpaired) electrons. The van der Waals surface area contributed by atoms with Crippen LogP contribution in [0.4, 0.5) is 0 Å². The van der Waals surface area contributed by atoms with Gasteiger partial charge in [-0.25, -0.2) is 0 Å². The summed E-state index contributed by atoms with van der Waals surface area (Å²) in [7, 11) is 1.89. The van der Waals surface area contributed by atoms with E-state index < -0.39 is 0 Å². The van der Waals surface area contributed by atoms with Gasteiger partial charge in [0.1, 0.15) is 12.4 Å². The van der Waals surface area contributed by atoms with Gasteiger partial charge >= 0.3 is 0 Å². The molecule has 24 heavy (non-hydrogen) atoms. The number of benzene rings is 1. The SMILES string of the molecule is CNCCCC(=O)NCc1ccc(C)cc1OCC1CCCO1.Cl. The fourth-order valence-corrected chi connectivity index (χ4v) is 2.61. The van der Waals surface area contributed by atoms with E-state index in [0.29, 0.717) is 19.6 Å². The molecule has 1 aliphatic rings. The summed E-state index contributed by atoms with van der Waals surface area (Å²) in [5, 5.41) is 6.01. The lowest BCUT2D eigenvalue weighted by Gasteiger charge is -2.16. The Bertz CT molecular complexity index is 505. The van der Waals surface area contributed by atoms with E-state index in [1.54, 1.807) is 0 Å². The molecule has 6 heteroatoms. The quantitative estimate of drug-likeness (QED) is 0.668. The first-order valence-corrected chi connectivity index (χ1v) is 8.44. The van der Waals surface area contributed by atoms with Crippen LogP contribution in [0.25, 0.3) is 0 Å². The van der Waals surface area contributed by atoms with E-state index in [0.717, 1.165) is 49.3 Å². The third kappa shape index (κ3) is 7.07. The van der Waals surface area contributed by atoms with E-state index in [4.69, 9.17) is 9.47 Å². The number of amides is 1. The predicted molar refractivity (Wildman–Crippen MR) is 97.9 cm³/mol. The average molecular weight is 357 g/mol. The Labute approximate surface area is 150 Å². The third-order valence-electron chi connectivity index (χ3n) is 3.98. The number of ether oxygens (including phenoxy) is 2. The van der Waals surface area contributed by atoms with Gasteiger partial charge in [0.15, 0.2) is 0 Å². The fourth-order valence-electron chi connectivity index (χ4n) is 2.61. The van der Waals surface area contributed by atoms with E-state index in [1.807, 2.05) is 32.2 Å². The van der Waals surface area contributed by atoms with Crippen molar-refractivity contribution in [2.45, 2.75) is 45.3 Å². The average Bonchev–Trinajstić information content (AvgIpc) is 3.05. The number of nitrogens with one attached hydrogen (secondary N) is 2. The van der Waals surface area contributed by atoms with Crippen molar-refractivity contribution in [3.8, 4) is 5.75 Å². The van der Waals surface area contributed by atoms with Crippen LogP contribution >= 0.6 is 12.4 Å². The molecule has 1 unspecified atom stereocenters. The van der Waals surface area contributed by atoms with Crippen LogP contribution < -0.4 is 15.4 Å². The highest BCUT2D eigenvalue weighted by molar-refractivity contribution is 5.85. The van der Waals surface area contributed by atoms with Crippen molar-refractivity contribution in [1.29, 1.82) is 0 Å². The zero-order valence-corrected chi connectivity index (χ0v) is 15.4. The normalized spacial score (nSPS) is 16.5. The number of hydrogen-bond acceptors (Lipinski definition) is 4. The molecule has 1 heterocycles. The van der Waals surface area contributed by atoms with Gasteiger partial charge in [-0.3, -0.25) is 4.79 Å². The first-order valence-electron chi connectivity index (χ1n) is 8.44. The molecule has 1 aromatic rings. The molecule has 1 aromatic carbocycles. The largest absolute Gasteiger partial charge is 0.491 e. The highest BCUT2D eigenvalue weighted by atomic mass is 35.5. The highest BCUT2D eigenvalue weighted by Gasteiger charge is 2.17. The van der Waals surface area contributed by atoms with Crippen LogP contribution in [0, 0.1) is 6.92 Å². The summed E-state index contributed by atoms with van der Waals surface area (Å²) in [4.78, 5) is 11.8. The molecule has 0 spiro atoms. The van der Waals surface area contributed by atoms with E-state index in [9.17, 15) is 4.79 Å². The van der Waals surface area contributed by atoms with Gasteiger partial charge in [-0.05, 0) is 51.4 Å². The molecule has 1 amide bonds. The lowest BCUT2D eigenvalue weighted by molar-refractivity contribution is -0.121. The van der Waals surface area contributed by atoms with Crippen molar-refractivity contribution in [2.24, 2.45) is 0 Å². The minimum atomic E-state index is 0. The number of carbonyl (C=O) groups excluding carboxylic acids is 1. The van der Waals surface area contributed by atoms with Gasteiger partial charge in [0.2, 0.25) is 5.91 Å². The fraction of sp³-hybridized carbons (Fsp3) is 0.611. The first kappa shape index (κ1) is 20.7. The Morgan fingerprint density at radius 3 is 2.96 bits per heavy atom. The van der Waals surface area contributed by atoms with Gasteiger partial charge in [-0.15, -0.1) is 12.4 Å². The Morgan fingerprint density at radius 2 is 2.25 bits per heavy atom. The summed E-state index contributed by atoms with van der Waals surface area (Å²) < 4.78 is 11.5. The molecule has 0 bridgehead atoms. The second-order valence-corrected chi connectivity index (χ2v) is 6.04. The van der Waals surface area contributed by atoms with Crippen LogP contribution in [0.3, 0.4) is 0 Å². The van der Waals surface area contributed by atoms with Crippen molar-refractivity contribution in [3.05, 3.63) is 29.3 Å². The number of rotatable bonds is 9. The molecule has 1 fully saturated rings. The summed E-state index contributed by atoms with van der Waals surface area (Å²) in [6.07, 6.45) is 3.75. The summed E-state index contributed by atoms with van der Waals surface area (Å²) in [5.74, 6) is 0.918. The van der Waals surface area contributed by atoms with Gasteiger partial charge in [-0.2, -0.15) is 0 Å². The monoisotopic (exact) mass is 356 g/mol. The molecule has 1 atom stereocenters. The van der Waals surface area contributed by atoms with Crippen molar-refractivity contribution in [3.63, 3.8) is 0 Å². The maximum Gasteiger partial charge on any atom is 0.220 e. The number of halogens is 1. The van der Waals surface area contributed by atoms with Crippen LogP contribution in [0.15, 0.2) is 18.2 Å². The van der Waals surface area contributed by atoms with Crippen LogP contribution in [0.2, 0.25) is 0 Å². The molecule has 0 aromatic heterocycles. The van der Waals surface area contributed by atoms with Gasteiger partial charge in [-0.1, -0.05) is 12.1 Å². The minimum absolute atomic E-state index is 0. The number of carbonyl (C=O) groups is 1. The highest BCUT2D eigenvalue weighted by Crippen LogP contribution is 2.22. The molecule has 1 saturated heterocycles. The van der Waals surface area contributed by atoms with E-state index in [-0.39, 0.29) is 24.4 Å². The van der Waals surface area contributed by atoms with Crippen molar-refractivity contribution < 1.29 is 14.3 Å². The molecular formula is C18H29ClN2O3. The zero-order chi connectivity index (χ0) is 16.5. The standard InChI is InChI=1S/C18H28N2O3.ClH/c1-14-7-8-15(12-20-18(21)6-3-9-19-2)17(11-14)23-13-16-5-4-10-22-16;/h7-8,11,16,19H,3-6,9-10,12-13H2,1-2H3,(H,20,21);1H. The smallest absolute Gasteiger partial charge is 0.220 e. The second kappa shape index (κ2) is 11.3. The topological polar surface area (TPSA) is 59.6 Å². The minimum Gasteiger partial charge on any atom is -0.491 e. The maximum atomic E-state index is 11.8. The predicted octanol–water partition coefficient (Wildman–Crippen LogP) is 2.59. The van der Waals surface area contributed by atoms with Crippen molar-refractivity contribution in [2.75, 3.05) is 26.8 Å². The Balaban J connectivity index is 0.00000288. The number of hydrogen-bond donors (Lipinski definition) is 2. The van der Waals surface area contributed by atoms with E-state index >= 15 is 0 Å². The van der Waals surface area contributed by atoms with Gasteiger partial charge in [0.05, 0.1) is 6.10 Å². The van der Waals surface area contributed by atoms with Gasteiger partial charge in [0, 0.05) is 25.1 Å². The maximum absolute atomic E-state index is 11.8. The molecular weight excluding hydrogens is 328 g/mol. The zero-order valence-electron chi connectivity index (χ0n) is 14.6. The Morgan fingerprint density at radius 1 is 1.42 bits per heavy atom. The molecule has 2 N–H and O–H groups in total. The Hall–Kier alpha value is -1.30. The van der Waals surface area contributed by atoms with E-state index in [2.05, 4.69) is 10.6 Å². The van der Waals surface area contributed by atoms with Gasteiger partial charge in [0.25, 0.3) is 0 Å². The molecule has 5 nitrogen and oxygen atoms in total. The second-order valence-electron chi connectivity index (χ2n) is 6.04. The number of aryl methyl sites for hydroxylation is 1. The summed E-state index contributed by atoms with van der Waals surface area (Å²) in [5.41, 5.74) is 2.16. The lowest BCUT2D eigenvalue weighted by atomic mass is 10.1. The molecule has 1 aliphatic heterocycles. The first-order chi connectivity index (χ1) is 11.2. The van der Waals surface area contributed by atoms with Crippen molar-refractivity contribution in [1.82, 2.24) is 10.6 Å².